The standard InChI is InChI=1S/C25H31ClN2O/c26-21-1-2-22-20(10-21)11-23(27-22)19-3-5-28(6-4-19)24(29)15-25-12-16-7-17(13-25)9-18(8-16)14-25/h1-2,10-11,16-19,27H,3-9,12-15H2. The molecular formula is C25H31ClN2O. The van der Waals surface area contributed by atoms with E-state index in [4.69, 9.17) is 11.6 Å². The average Bonchev–Trinajstić information content (AvgIpc) is 3.10. The van der Waals surface area contributed by atoms with Gasteiger partial charge in [0, 0.05) is 47.0 Å². The molecule has 0 radical (unpaired) electrons. The first-order valence-electron chi connectivity index (χ1n) is 11.6. The van der Waals surface area contributed by atoms with E-state index in [0.29, 0.717) is 17.2 Å². The highest BCUT2D eigenvalue weighted by atomic mass is 35.5. The van der Waals surface area contributed by atoms with Gasteiger partial charge in [-0.3, -0.25) is 4.79 Å². The van der Waals surface area contributed by atoms with Gasteiger partial charge >= 0.3 is 0 Å². The van der Waals surface area contributed by atoms with Crippen LogP contribution < -0.4 is 0 Å². The summed E-state index contributed by atoms with van der Waals surface area (Å²) in [4.78, 5) is 19.0. The molecular weight excluding hydrogens is 380 g/mol. The molecule has 154 valence electrons. The number of hydrogen-bond donors (Lipinski definition) is 1. The van der Waals surface area contributed by atoms with Crippen molar-refractivity contribution >= 4 is 28.4 Å². The summed E-state index contributed by atoms with van der Waals surface area (Å²) < 4.78 is 0. The minimum Gasteiger partial charge on any atom is -0.358 e. The topological polar surface area (TPSA) is 36.1 Å². The number of nitrogens with one attached hydrogen (secondary N) is 1. The van der Waals surface area contributed by atoms with Gasteiger partial charge in [-0.15, -0.1) is 0 Å². The summed E-state index contributed by atoms with van der Waals surface area (Å²) >= 11 is 6.14. The molecule has 2 heterocycles. The molecule has 1 N–H and O–H groups in total. The van der Waals surface area contributed by atoms with E-state index in [1.807, 2.05) is 12.1 Å². The third kappa shape index (κ3) is 3.30. The molecule has 4 bridgehead atoms. The number of halogens is 1. The molecule has 7 rings (SSSR count). The quantitative estimate of drug-likeness (QED) is 0.648. The first-order chi connectivity index (χ1) is 14.1. The lowest BCUT2D eigenvalue weighted by atomic mass is 9.49. The summed E-state index contributed by atoms with van der Waals surface area (Å²) in [6, 6.07) is 8.28. The summed E-state index contributed by atoms with van der Waals surface area (Å²) in [5.74, 6) is 3.74. The molecule has 1 saturated heterocycles. The van der Waals surface area contributed by atoms with Crippen LogP contribution in [0.1, 0.15) is 69.4 Å². The Labute approximate surface area is 178 Å². The molecule has 2 aromatic rings. The predicted molar refractivity (Wildman–Crippen MR) is 117 cm³/mol. The van der Waals surface area contributed by atoms with Crippen LogP contribution in [0.15, 0.2) is 24.3 Å². The maximum absolute atomic E-state index is 13.2. The van der Waals surface area contributed by atoms with Crippen LogP contribution in [0.25, 0.3) is 10.9 Å². The van der Waals surface area contributed by atoms with E-state index in [1.165, 1.54) is 49.6 Å². The van der Waals surface area contributed by atoms with Crippen LogP contribution in [-0.2, 0) is 4.79 Å². The second kappa shape index (κ2) is 6.77. The van der Waals surface area contributed by atoms with Crippen molar-refractivity contribution in [3.05, 3.63) is 35.0 Å². The largest absolute Gasteiger partial charge is 0.358 e. The van der Waals surface area contributed by atoms with E-state index in [9.17, 15) is 4.79 Å². The maximum Gasteiger partial charge on any atom is 0.223 e. The highest BCUT2D eigenvalue weighted by Crippen LogP contribution is 2.61. The van der Waals surface area contributed by atoms with Crippen molar-refractivity contribution in [1.82, 2.24) is 9.88 Å². The summed E-state index contributed by atoms with van der Waals surface area (Å²) in [7, 11) is 0. The summed E-state index contributed by atoms with van der Waals surface area (Å²) in [5.41, 5.74) is 2.82. The van der Waals surface area contributed by atoms with Gasteiger partial charge < -0.3 is 9.88 Å². The number of amides is 1. The molecule has 4 saturated carbocycles. The number of piperidine rings is 1. The monoisotopic (exact) mass is 410 g/mol. The number of hydrogen-bond acceptors (Lipinski definition) is 1. The van der Waals surface area contributed by atoms with E-state index >= 15 is 0 Å². The average molecular weight is 411 g/mol. The van der Waals surface area contributed by atoms with Crippen LogP contribution in [0.5, 0.6) is 0 Å². The van der Waals surface area contributed by atoms with Gasteiger partial charge in [0.2, 0.25) is 5.91 Å². The van der Waals surface area contributed by atoms with Gasteiger partial charge in [0.25, 0.3) is 0 Å². The molecule has 0 spiro atoms. The third-order valence-corrected chi connectivity index (χ3v) is 8.82. The van der Waals surface area contributed by atoms with Crippen molar-refractivity contribution in [1.29, 1.82) is 0 Å². The van der Waals surface area contributed by atoms with Crippen molar-refractivity contribution < 1.29 is 4.79 Å². The number of nitrogens with zero attached hydrogens (tertiary/aromatic N) is 1. The molecule has 0 unspecified atom stereocenters. The van der Waals surface area contributed by atoms with Gasteiger partial charge in [0.05, 0.1) is 0 Å². The van der Waals surface area contributed by atoms with Crippen LogP contribution in [0.3, 0.4) is 0 Å². The Morgan fingerprint density at radius 1 is 1.03 bits per heavy atom. The van der Waals surface area contributed by atoms with E-state index in [0.717, 1.165) is 60.6 Å². The third-order valence-electron chi connectivity index (χ3n) is 8.58. The fraction of sp³-hybridized carbons (Fsp3) is 0.640. The molecule has 29 heavy (non-hydrogen) atoms. The molecule has 1 amide bonds. The molecule has 3 nitrogen and oxygen atoms in total. The minimum atomic E-state index is 0.360. The zero-order valence-corrected chi connectivity index (χ0v) is 17.9. The fourth-order valence-corrected chi connectivity index (χ4v) is 7.91. The van der Waals surface area contributed by atoms with Crippen molar-refractivity contribution in [3.63, 3.8) is 0 Å². The fourth-order valence-electron chi connectivity index (χ4n) is 7.72. The number of aromatic nitrogens is 1. The Kier molecular flexibility index (Phi) is 4.27. The molecule has 4 heteroatoms. The molecule has 1 aromatic heterocycles. The molecule has 1 aromatic carbocycles. The highest BCUT2D eigenvalue weighted by Gasteiger charge is 2.51. The SMILES string of the molecule is O=C(CC12CC3CC(CC(C3)C1)C2)N1CCC(c2cc3cc(Cl)ccc3[nH]2)CC1. The van der Waals surface area contributed by atoms with E-state index in [-0.39, 0.29) is 0 Å². The van der Waals surface area contributed by atoms with E-state index in [1.54, 1.807) is 0 Å². The van der Waals surface area contributed by atoms with E-state index < -0.39 is 0 Å². The highest BCUT2D eigenvalue weighted by molar-refractivity contribution is 6.31. The Hall–Kier alpha value is -1.48. The first kappa shape index (κ1) is 18.3. The van der Waals surface area contributed by atoms with Crippen LogP contribution in [0, 0.1) is 23.2 Å². The lowest BCUT2D eigenvalue weighted by Gasteiger charge is -2.57. The lowest BCUT2D eigenvalue weighted by molar-refractivity contribution is -0.140. The lowest BCUT2D eigenvalue weighted by Crippen LogP contribution is -2.49. The normalized spacial score (nSPS) is 34.2. The number of carbonyl (C=O) groups excluding carboxylic acids is 1. The summed E-state index contributed by atoms with van der Waals surface area (Å²) in [6.07, 6.45) is 11.3. The molecule has 4 aliphatic carbocycles. The number of carbonyl (C=O) groups is 1. The number of benzene rings is 1. The van der Waals surface area contributed by atoms with E-state index in [2.05, 4.69) is 22.0 Å². The van der Waals surface area contributed by atoms with Crippen LogP contribution in [0.4, 0.5) is 0 Å². The van der Waals surface area contributed by atoms with Gasteiger partial charge in [-0.25, -0.2) is 0 Å². The van der Waals surface area contributed by atoms with Crippen molar-refractivity contribution in [2.24, 2.45) is 23.2 Å². The Morgan fingerprint density at radius 2 is 1.69 bits per heavy atom. The number of aromatic amines is 1. The van der Waals surface area contributed by atoms with Gasteiger partial charge in [0.1, 0.15) is 0 Å². The smallest absolute Gasteiger partial charge is 0.223 e. The summed E-state index contributed by atoms with van der Waals surface area (Å²) in [5, 5.41) is 1.97. The van der Waals surface area contributed by atoms with Gasteiger partial charge in [-0.1, -0.05) is 11.6 Å². The first-order valence-corrected chi connectivity index (χ1v) is 12.0. The Balaban J connectivity index is 1.10. The zero-order chi connectivity index (χ0) is 19.6. The molecule has 5 aliphatic rings. The van der Waals surface area contributed by atoms with Crippen molar-refractivity contribution in [2.75, 3.05) is 13.1 Å². The number of fused-ring (bicyclic) bond motifs is 1. The van der Waals surface area contributed by atoms with Crippen LogP contribution in [0.2, 0.25) is 5.02 Å². The van der Waals surface area contributed by atoms with Crippen molar-refractivity contribution in [2.45, 2.75) is 63.7 Å². The second-order valence-electron chi connectivity index (χ2n) is 10.7. The molecule has 5 fully saturated rings. The van der Waals surface area contributed by atoms with Crippen LogP contribution >= 0.6 is 11.6 Å². The molecule has 1 aliphatic heterocycles. The van der Waals surface area contributed by atoms with Crippen LogP contribution in [-0.4, -0.2) is 28.9 Å². The van der Waals surface area contributed by atoms with Gasteiger partial charge in [0.15, 0.2) is 0 Å². The number of H-pyrrole nitrogens is 1. The molecule has 0 atom stereocenters. The Morgan fingerprint density at radius 3 is 2.34 bits per heavy atom. The predicted octanol–water partition coefficient (Wildman–Crippen LogP) is 6.13. The van der Waals surface area contributed by atoms with Gasteiger partial charge in [-0.05, 0) is 98.8 Å². The van der Waals surface area contributed by atoms with Crippen molar-refractivity contribution in [3.8, 4) is 0 Å². The second-order valence-corrected chi connectivity index (χ2v) is 11.1. The van der Waals surface area contributed by atoms with Gasteiger partial charge in [-0.2, -0.15) is 0 Å². The zero-order valence-electron chi connectivity index (χ0n) is 17.1. The number of likely N-dealkylation sites (tertiary alicyclic amines) is 1. The number of rotatable bonds is 3. The maximum atomic E-state index is 13.2. The Bertz CT molecular complexity index is 904. The summed E-state index contributed by atoms with van der Waals surface area (Å²) in [6.45, 7) is 1.82. The minimum absolute atomic E-state index is 0.360.